The molecule has 2 amide bonds. The second kappa shape index (κ2) is 11.3. The molecule has 2 aromatic rings. The second-order valence-electron chi connectivity index (χ2n) is 11.3. The third kappa shape index (κ3) is 5.57. The van der Waals surface area contributed by atoms with Gasteiger partial charge in [0.25, 0.3) is 5.91 Å². The molecule has 4 heterocycles. The number of nitrogens with zero attached hydrogens (tertiary/aromatic N) is 5. The summed E-state index contributed by atoms with van der Waals surface area (Å²) in [5, 5.41) is 0. The van der Waals surface area contributed by atoms with Crippen molar-refractivity contribution in [1.82, 2.24) is 24.7 Å². The molecule has 5 rings (SSSR count). The van der Waals surface area contributed by atoms with Gasteiger partial charge in [-0.3, -0.25) is 9.59 Å². The standard InChI is InChI=1S/C30H41N5O2/c1-4-28(36)34-14-10-24(11-15-34)27(23-8-6-5-7-9-23)12-13-33-16-25-18-35(19-26(25)17-33)30(37)29-21(2)31-20-32-22(29)3/h5-9,20,24-27H,4,10-19H2,1-3H3/t25-,26+,27?. The zero-order valence-corrected chi connectivity index (χ0v) is 22.6. The first-order valence-electron chi connectivity index (χ1n) is 14.1. The number of hydrogen-bond donors (Lipinski definition) is 0. The van der Waals surface area contributed by atoms with Gasteiger partial charge in [0.1, 0.15) is 6.33 Å². The highest BCUT2D eigenvalue weighted by atomic mass is 16.2. The molecular formula is C30H41N5O2. The number of carbonyl (C=O) groups excluding carboxylic acids is 2. The Kier molecular flexibility index (Phi) is 7.89. The Hall–Kier alpha value is -2.80. The lowest BCUT2D eigenvalue weighted by Gasteiger charge is -2.37. The Bertz CT molecular complexity index is 1060. The molecule has 0 aliphatic carbocycles. The highest BCUT2D eigenvalue weighted by molar-refractivity contribution is 5.96. The summed E-state index contributed by atoms with van der Waals surface area (Å²) in [5.41, 5.74) is 3.66. The SMILES string of the molecule is CCC(=O)N1CCC(C(CCN2C[C@@H]3CN(C(=O)c4c(C)ncnc4C)C[C@@H]3C2)c2ccccc2)CC1. The maximum atomic E-state index is 13.2. The van der Waals surface area contributed by atoms with Gasteiger partial charge in [-0.2, -0.15) is 0 Å². The molecule has 1 aromatic carbocycles. The molecule has 7 heteroatoms. The van der Waals surface area contributed by atoms with Gasteiger partial charge in [0.2, 0.25) is 5.91 Å². The largest absolute Gasteiger partial charge is 0.343 e. The van der Waals surface area contributed by atoms with Crippen molar-refractivity contribution in [2.24, 2.45) is 17.8 Å². The summed E-state index contributed by atoms with van der Waals surface area (Å²) in [5.74, 6) is 2.63. The number of carbonyl (C=O) groups is 2. The maximum absolute atomic E-state index is 13.2. The third-order valence-electron chi connectivity index (χ3n) is 9.04. The van der Waals surface area contributed by atoms with Crippen molar-refractivity contribution in [2.75, 3.05) is 45.8 Å². The number of fused-ring (bicyclic) bond motifs is 1. The Morgan fingerprint density at radius 1 is 0.919 bits per heavy atom. The normalized spacial score (nSPS) is 23.3. The van der Waals surface area contributed by atoms with E-state index in [4.69, 9.17) is 0 Å². The van der Waals surface area contributed by atoms with E-state index in [1.165, 1.54) is 11.9 Å². The van der Waals surface area contributed by atoms with Crippen LogP contribution in [0.3, 0.4) is 0 Å². The van der Waals surface area contributed by atoms with E-state index in [0.717, 1.165) is 76.5 Å². The van der Waals surface area contributed by atoms with Gasteiger partial charge in [-0.25, -0.2) is 9.97 Å². The molecule has 0 bridgehead atoms. The lowest BCUT2D eigenvalue weighted by atomic mass is 9.78. The summed E-state index contributed by atoms with van der Waals surface area (Å²) in [7, 11) is 0. The van der Waals surface area contributed by atoms with Crippen LogP contribution in [-0.4, -0.2) is 82.3 Å². The van der Waals surface area contributed by atoms with Crippen molar-refractivity contribution in [2.45, 2.75) is 52.4 Å². The first-order chi connectivity index (χ1) is 17.9. The zero-order valence-electron chi connectivity index (χ0n) is 22.6. The van der Waals surface area contributed by atoms with Gasteiger partial charge in [-0.15, -0.1) is 0 Å². The smallest absolute Gasteiger partial charge is 0.257 e. The number of aromatic nitrogens is 2. The van der Waals surface area contributed by atoms with Gasteiger partial charge in [0.15, 0.2) is 0 Å². The van der Waals surface area contributed by atoms with Crippen LogP contribution in [0.15, 0.2) is 36.7 Å². The van der Waals surface area contributed by atoms with E-state index in [9.17, 15) is 9.59 Å². The highest BCUT2D eigenvalue weighted by Gasteiger charge is 2.42. The highest BCUT2D eigenvalue weighted by Crippen LogP contribution is 2.37. The molecule has 3 fully saturated rings. The summed E-state index contributed by atoms with van der Waals surface area (Å²) in [6, 6.07) is 11.0. The summed E-state index contributed by atoms with van der Waals surface area (Å²) in [6.45, 7) is 12.4. The summed E-state index contributed by atoms with van der Waals surface area (Å²) in [6.07, 6.45) is 5.48. The Labute approximate surface area is 221 Å². The summed E-state index contributed by atoms with van der Waals surface area (Å²) < 4.78 is 0. The maximum Gasteiger partial charge on any atom is 0.257 e. The fourth-order valence-corrected chi connectivity index (χ4v) is 6.97. The molecule has 3 saturated heterocycles. The molecular weight excluding hydrogens is 462 g/mol. The van der Waals surface area contributed by atoms with Gasteiger partial charge in [0.05, 0.1) is 17.0 Å². The first kappa shape index (κ1) is 25.8. The van der Waals surface area contributed by atoms with E-state index >= 15 is 0 Å². The van der Waals surface area contributed by atoms with Gasteiger partial charge in [0, 0.05) is 45.7 Å². The molecule has 0 N–H and O–H groups in total. The van der Waals surface area contributed by atoms with Crippen molar-refractivity contribution in [3.63, 3.8) is 0 Å². The van der Waals surface area contributed by atoms with Crippen LogP contribution >= 0.6 is 0 Å². The van der Waals surface area contributed by atoms with E-state index in [1.54, 1.807) is 0 Å². The second-order valence-corrected chi connectivity index (χ2v) is 11.3. The Morgan fingerprint density at radius 2 is 1.54 bits per heavy atom. The van der Waals surface area contributed by atoms with E-state index in [-0.39, 0.29) is 11.8 Å². The number of amides is 2. The zero-order chi connectivity index (χ0) is 25.9. The topological polar surface area (TPSA) is 69.6 Å². The van der Waals surface area contributed by atoms with E-state index in [0.29, 0.717) is 35.7 Å². The van der Waals surface area contributed by atoms with Gasteiger partial charge < -0.3 is 14.7 Å². The molecule has 1 aromatic heterocycles. The number of benzene rings is 1. The monoisotopic (exact) mass is 503 g/mol. The average molecular weight is 504 g/mol. The van der Waals surface area contributed by atoms with Crippen LogP contribution in [0, 0.1) is 31.6 Å². The minimum atomic E-state index is 0.0913. The van der Waals surface area contributed by atoms with Crippen molar-refractivity contribution in [3.8, 4) is 0 Å². The number of piperidine rings is 1. The van der Waals surface area contributed by atoms with Crippen LogP contribution in [0.25, 0.3) is 0 Å². The van der Waals surface area contributed by atoms with Crippen LogP contribution in [-0.2, 0) is 4.79 Å². The lowest BCUT2D eigenvalue weighted by Crippen LogP contribution is -2.40. The van der Waals surface area contributed by atoms with Crippen molar-refractivity contribution >= 4 is 11.8 Å². The van der Waals surface area contributed by atoms with Gasteiger partial charge in [-0.05, 0) is 68.9 Å². The van der Waals surface area contributed by atoms with E-state index in [2.05, 4.69) is 50.1 Å². The molecule has 7 nitrogen and oxygen atoms in total. The lowest BCUT2D eigenvalue weighted by molar-refractivity contribution is -0.132. The molecule has 198 valence electrons. The molecule has 3 aliphatic rings. The fraction of sp³-hybridized carbons (Fsp3) is 0.600. The Balaban J connectivity index is 1.17. The van der Waals surface area contributed by atoms with Crippen molar-refractivity contribution in [3.05, 3.63) is 59.2 Å². The molecule has 37 heavy (non-hydrogen) atoms. The van der Waals surface area contributed by atoms with Crippen molar-refractivity contribution < 1.29 is 9.59 Å². The molecule has 0 saturated carbocycles. The molecule has 3 atom stereocenters. The van der Waals surface area contributed by atoms with Gasteiger partial charge >= 0.3 is 0 Å². The predicted molar refractivity (Wildman–Crippen MR) is 144 cm³/mol. The first-order valence-corrected chi connectivity index (χ1v) is 14.1. The quantitative estimate of drug-likeness (QED) is 0.573. The molecule has 1 unspecified atom stereocenters. The minimum absolute atomic E-state index is 0.0913. The Morgan fingerprint density at radius 3 is 2.14 bits per heavy atom. The molecule has 0 spiro atoms. The van der Waals surface area contributed by atoms with E-state index in [1.807, 2.05) is 25.7 Å². The number of hydrogen-bond acceptors (Lipinski definition) is 5. The predicted octanol–water partition coefficient (Wildman–Crippen LogP) is 3.92. The van der Waals surface area contributed by atoms with E-state index < -0.39 is 0 Å². The number of likely N-dealkylation sites (tertiary alicyclic amines) is 3. The average Bonchev–Trinajstić information content (AvgIpc) is 3.48. The molecule has 0 radical (unpaired) electrons. The van der Waals surface area contributed by atoms with Crippen LogP contribution < -0.4 is 0 Å². The van der Waals surface area contributed by atoms with Crippen LogP contribution in [0.4, 0.5) is 0 Å². The van der Waals surface area contributed by atoms with Crippen LogP contribution in [0.5, 0.6) is 0 Å². The molecule has 3 aliphatic heterocycles. The van der Waals surface area contributed by atoms with Crippen LogP contribution in [0.1, 0.15) is 65.8 Å². The van der Waals surface area contributed by atoms with Crippen molar-refractivity contribution in [1.29, 1.82) is 0 Å². The van der Waals surface area contributed by atoms with Crippen LogP contribution in [0.2, 0.25) is 0 Å². The number of aryl methyl sites for hydroxylation is 2. The number of rotatable bonds is 7. The minimum Gasteiger partial charge on any atom is -0.343 e. The third-order valence-corrected chi connectivity index (χ3v) is 9.04. The summed E-state index contributed by atoms with van der Waals surface area (Å²) in [4.78, 5) is 40.6. The fourth-order valence-electron chi connectivity index (χ4n) is 6.97. The van der Waals surface area contributed by atoms with Gasteiger partial charge in [-0.1, -0.05) is 37.3 Å². The summed E-state index contributed by atoms with van der Waals surface area (Å²) >= 11 is 0.